The molecule has 1 aliphatic heterocycles. The van der Waals surface area contributed by atoms with E-state index in [0.717, 1.165) is 17.8 Å². The molecule has 2 amide bonds. The van der Waals surface area contributed by atoms with E-state index in [9.17, 15) is 13.2 Å². The molecule has 1 aromatic heterocycles. The maximum Gasteiger partial charge on any atom is 0.315 e. The Balaban J connectivity index is 1.56. The minimum Gasteiger partial charge on any atom is -0.370 e. The summed E-state index contributed by atoms with van der Waals surface area (Å²) < 4.78 is 22.6. The molecule has 1 saturated heterocycles. The number of carbonyl (C=O) groups is 1. The summed E-state index contributed by atoms with van der Waals surface area (Å²) in [6.07, 6.45) is 3.05. The molecule has 0 aliphatic carbocycles. The van der Waals surface area contributed by atoms with Crippen LogP contribution in [-0.4, -0.2) is 50.1 Å². The lowest BCUT2D eigenvalue weighted by Gasteiger charge is -2.12. The van der Waals surface area contributed by atoms with Crippen LogP contribution in [0.1, 0.15) is 18.4 Å². The van der Waals surface area contributed by atoms with Crippen molar-refractivity contribution in [1.29, 1.82) is 0 Å². The van der Waals surface area contributed by atoms with Gasteiger partial charge >= 0.3 is 6.03 Å². The van der Waals surface area contributed by atoms with Gasteiger partial charge in [0.1, 0.15) is 5.82 Å². The highest BCUT2D eigenvalue weighted by molar-refractivity contribution is 7.91. The van der Waals surface area contributed by atoms with Crippen LogP contribution < -0.4 is 16.0 Å². The Morgan fingerprint density at radius 1 is 1.36 bits per heavy atom. The Labute approximate surface area is 130 Å². The van der Waals surface area contributed by atoms with E-state index in [-0.39, 0.29) is 23.6 Å². The number of aryl methyl sites for hydroxylation is 1. The van der Waals surface area contributed by atoms with Gasteiger partial charge in [0.2, 0.25) is 0 Å². The number of amides is 2. The molecule has 0 radical (unpaired) electrons. The van der Waals surface area contributed by atoms with Crippen molar-refractivity contribution in [3.63, 3.8) is 0 Å². The summed E-state index contributed by atoms with van der Waals surface area (Å²) >= 11 is 0. The fraction of sp³-hybridized carbons (Fsp3) is 0.571. The highest BCUT2D eigenvalue weighted by atomic mass is 32.2. The quantitative estimate of drug-likeness (QED) is 0.668. The van der Waals surface area contributed by atoms with E-state index >= 15 is 0 Å². The van der Waals surface area contributed by atoms with E-state index in [4.69, 9.17) is 0 Å². The van der Waals surface area contributed by atoms with Gasteiger partial charge in [-0.15, -0.1) is 0 Å². The molecule has 2 rings (SSSR count). The molecule has 7 nitrogen and oxygen atoms in total. The van der Waals surface area contributed by atoms with Gasteiger partial charge in [0.05, 0.1) is 11.5 Å². The molecule has 0 aromatic carbocycles. The second kappa shape index (κ2) is 7.44. The van der Waals surface area contributed by atoms with Gasteiger partial charge in [-0.25, -0.2) is 18.2 Å². The predicted octanol–water partition coefficient (Wildman–Crippen LogP) is 0.678. The lowest BCUT2D eigenvalue weighted by atomic mass is 10.3. The van der Waals surface area contributed by atoms with Gasteiger partial charge in [0.15, 0.2) is 9.84 Å². The number of urea groups is 1. The van der Waals surface area contributed by atoms with Crippen molar-refractivity contribution in [2.75, 3.05) is 29.9 Å². The first kappa shape index (κ1) is 16.5. The molecule has 22 heavy (non-hydrogen) atoms. The van der Waals surface area contributed by atoms with E-state index in [1.807, 2.05) is 19.1 Å². The second-order valence-corrected chi connectivity index (χ2v) is 7.73. The van der Waals surface area contributed by atoms with E-state index in [0.29, 0.717) is 19.5 Å². The van der Waals surface area contributed by atoms with E-state index < -0.39 is 9.84 Å². The van der Waals surface area contributed by atoms with Crippen LogP contribution in [0.3, 0.4) is 0 Å². The van der Waals surface area contributed by atoms with Gasteiger partial charge in [-0.3, -0.25) is 0 Å². The van der Waals surface area contributed by atoms with Gasteiger partial charge in [-0.2, -0.15) is 0 Å². The number of carbonyl (C=O) groups excluding carboxylic acids is 1. The number of sulfone groups is 1. The van der Waals surface area contributed by atoms with Crippen molar-refractivity contribution in [2.45, 2.75) is 25.8 Å². The average Bonchev–Trinajstić information content (AvgIpc) is 2.79. The summed E-state index contributed by atoms with van der Waals surface area (Å²) in [6.45, 7) is 3.20. The van der Waals surface area contributed by atoms with E-state index in [2.05, 4.69) is 20.9 Å². The Morgan fingerprint density at radius 2 is 2.18 bits per heavy atom. The smallest absolute Gasteiger partial charge is 0.315 e. The summed E-state index contributed by atoms with van der Waals surface area (Å²) in [4.78, 5) is 15.9. The number of nitrogens with one attached hydrogen (secondary N) is 3. The van der Waals surface area contributed by atoms with Crippen molar-refractivity contribution in [3.8, 4) is 0 Å². The topological polar surface area (TPSA) is 100 Å². The predicted molar refractivity (Wildman–Crippen MR) is 85.7 cm³/mol. The first-order valence-electron chi connectivity index (χ1n) is 7.36. The summed E-state index contributed by atoms with van der Waals surface area (Å²) in [5.41, 5.74) is 1.11. The first-order valence-corrected chi connectivity index (χ1v) is 9.18. The Morgan fingerprint density at radius 3 is 2.82 bits per heavy atom. The maximum absolute atomic E-state index is 11.6. The Hall–Kier alpha value is -1.83. The van der Waals surface area contributed by atoms with Crippen molar-refractivity contribution in [3.05, 3.63) is 23.9 Å². The second-order valence-electron chi connectivity index (χ2n) is 5.50. The number of hydrogen-bond donors (Lipinski definition) is 3. The lowest BCUT2D eigenvalue weighted by Crippen LogP contribution is -2.43. The third-order valence-electron chi connectivity index (χ3n) is 3.42. The summed E-state index contributed by atoms with van der Waals surface area (Å²) in [5.74, 6) is 1.01. The molecule has 8 heteroatoms. The summed E-state index contributed by atoms with van der Waals surface area (Å²) in [6, 6.07) is 3.32. The number of anilines is 1. The summed E-state index contributed by atoms with van der Waals surface area (Å²) in [5, 5.41) is 8.58. The zero-order valence-corrected chi connectivity index (χ0v) is 13.4. The van der Waals surface area contributed by atoms with Gasteiger partial charge in [-0.1, -0.05) is 6.07 Å². The molecular weight excluding hydrogens is 304 g/mol. The molecule has 0 saturated carbocycles. The van der Waals surface area contributed by atoms with E-state index in [1.54, 1.807) is 6.20 Å². The van der Waals surface area contributed by atoms with Gasteiger partial charge < -0.3 is 16.0 Å². The molecule has 1 unspecified atom stereocenters. The Bertz CT molecular complexity index is 601. The van der Waals surface area contributed by atoms with Crippen LogP contribution in [-0.2, 0) is 9.84 Å². The van der Waals surface area contributed by atoms with Crippen LogP contribution in [0, 0.1) is 6.92 Å². The van der Waals surface area contributed by atoms with Gasteiger partial charge in [-0.05, 0) is 31.4 Å². The molecule has 0 spiro atoms. The fourth-order valence-electron chi connectivity index (χ4n) is 2.22. The number of nitrogens with zero attached hydrogens (tertiary/aromatic N) is 1. The summed E-state index contributed by atoms with van der Waals surface area (Å²) in [7, 11) is -2.96. The van der Waals surface area contributed by atoms with Crippen LogP contribution in [0.5, 0.6) is 0 Å². The van der Waals surface area contributed by atoms with Crippen LogP contribution >= 0.6 is 0 Å². The third-order valence-corrected chi connectivity index (χ3v) is 5.19. The minimum atomic E-state index is -2.96. The molecule has 0 bridgehead atoms. The zero-order chi connectivity index (χ0) is 16.0. The standard InChI is InChI=1S/C14H22N4O3S/c1-11-3-4-13(17-9-11)15-6-2-7-16-14(19)18-12-5-8-22(20,21)10-12/h3-4,9,12H,2,5-8,10H2,1H3,(H,15,17)(H2,16,18,19). The molecule has 122 valence electrons. The normalized spacial score (nSPS) is 19.6. The number of pyridine rings is 1. The molecule has 1 aliphatic rings. The van der Waals surface area contributed by atoms with Gasteiger partial charge in [0.25, 0.3) is 0 Å². The van der Waals surface area contributed by atoms with Crippen LogP contribution in [0.15, 0.2) is 18.3 Å². The monoisotopic (exact) mass is 326 g/mol. The maximum atomic E-state index is 11.6. The highest BCUT2D eigenvalue weighted by Gasteiger charge is 2.28. The minimum absolute atomic E-state index is 0.0427. The van der Waals surface area contributed by atoms with Crippen molar-refractivity contribution >= 4 is 21.7 Å². The largest absolute Gasteiger partial charge is 0.370 e. The molecule has 1 atom stereocenters. The molecule has 1 aromatic rings. The molecule has 2 heterocycles. The van der Waals surface area contributed by atoms with Crippen molar-refractivity contribution in [1.82, 2.24) is 15.6 Å². The molecule has 1 fully saturated rings. The van der Waals surface area contributed by atoms with Crippen molar-refractivity contribution in [2.24, 2.45) is 0 Å². The zero-order valence-electron chi connectivity index (χ0n) is 12.6. The fourth-order valence-corrected chi connectivity index (χ4v) is 3.90. The highest BCUT2D eigenvalue weighted by Crippen LogP contribution is 2.10. The average molecular weight is 326 g/mol. The van der Waals surface area contributed by atoms with Crippen LogP contribution in [0.4, 0.5) is 10.6 Å². The molecule has 3 N–H and O–H groups in total. The number of hydrogen-bond acceptors (Lipinski definition) is 5. The lowest BCUT2D eigenvalue weighted by molar-refractivity contribution is 0.238. The third kappa shape index (κ3) is 5.51. The van der Waals surface area contributed by atoms with E-state index in [1.165, 1.54) is 0 Å². The Kier molecular flexibility index (Phi) is 5.59. The first-order chi connectivity index (χ1) is 10.4. The molecular formula is C14H22N4O3S. The number of aromatic nitrogens is 1. The SMILES string of the molecule is Cc1ccc(NCCCNC(=O)NC2CCS(=O)(=O)C2)nc1. The van der Waals surface area contributed by atoms with Crippen molar-refractivity contribution < 1.29 is 13.2 Å². The van der Waals surface area contributed by atoms with Crippen LogP contribution in [0.2, 0.25) is 0 Å². The number of rotatable bonds is 6. The van der Waals surface area contributed by atoms with Crippen LogP contribution in [0.25, 0.3) is 0 Å². The van der Waals surface area contributed by atoms with Gasteiger partial charge in [0, 0.05) is 25.3 Å².